The highest BCUT2D eigenvalue weighted by Crippen LogP contribution is 2.25. The molecule has 0 spiro atoms. The molecule has 7 heteroatoms. The van der Waals surface area contributed by atoms with Gasteiger partial charge in [0.05, 0.1) is 7.11 Å². The van der Waals surface area contributed by atoms with Crippen LogP contribution >= 0.6 is 0 Å². The van der Waals surface area contributed by atoms with Gasteiger partial charge in [-0.25, -0.2) is 13.1 Å². The molecule has 0 aromatic heterocycles. The van der Waals surface area contributed by atoms with Gasteiger partial charge in [-0.1, -0.05) is 51.1 Å². The van der Waals surface area contributed by atoms with Crippen LogP contribution in [-0.2, 0) is 16.6 Å². The second-order valence-corrected chi connectivity index (χ2v) is 9.15. The highest BCUT2D eigenvalue weighted by Gasteiger charge is 2.22. The molecule has 0 atom stereocenters. The van der Waals surface area contributed by atoms with Crippen LogP contribution in [0, 0.1) is 5.41 Å². The van der Waals surface area contributed by atoms with Gasteiger partial charge in [0.2, 0.25) is 10.0 Å². The predicted molar refractivity (Wildman–Crippen MR) is 105 cm³/mol. The fourth-order valence-electron chi connectivity index (χ4n) is 2.33. The van der Waals surface area contributed by atoms with Crippen molar-refractivity contribution in [1.29, 1.82) is 0 Å². The maximum atomic E-state index is 12.8. The number of methoxy groups -OCH3 is 1. The number of nitrogens with one attached hydrogen (secondary N) is 2. The van der Waals surface area contributed by atoms with Crippen molar-refractivity contribution in [1.82, 2.24) is 10.0 Å². The lowest BCUT2D eigenvalue weighted by molar-refractivity contribution is 0.0939. The zero-order valence-corrected chi connectivity index (χ0v) is 16.9. The molecule has 1 amide bonds. The maximum Gasteiger partial charge on any atom is 0.251 e. The Kier molecular flexibility index (Phi) is 6.62. The van der Waals surface area contributed by atoms with Crippen LogP contribution < -0.4 is 14.8 Å². The van der Waals surface area contributed by atoms with E-state index in [2.05, 4.69) is 10.0 Å². The Morgan fingerprint density at radius 1 is 1.07 bits per heavy atom. The van der Waals surface area contributed by atoms with Crippen molar-refractivity contribution in [3.8, 4) is 5.75 Å². The maximum absolute atomic E-state index is 12.8. The summed E-state index contributed by atoms with van der Waals surface area (Å²) in [7, 11) is -2.46. The summed E-state index contributed by atoms with van der Waals surface area (Å²) in [6.07, 6.45) is 0. The van der Waals surface area contributed by atoms with Gasteiger partial charge >= 0.3 is 0 Å². The first-order valence-electron chi connectivity index (χ1n) is 8.62. The van der Waals surface area contributed by atoms with E-state index in [1.54, 1.807) is 6.07 Å². The van der Waals surface area contributed by atoms with Gasteiger partial charge in [0.1, 0.15) is 10.6 Å². The molecule has 0 heterocycles. The normalized spacial score (nSPS) is 11.9. The smallest absolute Gasteiger partial charge is 0.251 e. The number of carbonyl (C=O) groups is 1. The van der Waals surface area contributed by atoms with Gasteiger partial charge < -0.3 is 10.1 Å². The summed E-state index contributed by atoms with van der Waals surface area (Å²) in [5.41, 5.74) is 1.02. The molecule has 6 nitrogen and oxygen atoms in total. The summed E-state index contributed by atoms with van der Waals surface area (Å²) >= 11 is 0. The van der Waals surface area contributed by atoms with Gasteiger partial charge in [0, 0.05) is 18.7 Å². The fourth-order valence-corrected chi connectivity index (χ4v) is 3.54. The molecule has 0 aliphatic rings. The minimum absolute atomic E-state index is 0.0654. The molecular weight excluding hydrogens is 364 g/mol. The molecule has 2 N–H and O–H groups in total. The third kappa shape index (κ3) is 6.08. The molecule has 0 bridgehead atoms. The van der Waals surface area contributed by atoms with Crippen LogP contribution in [0.3, 0.4) is 0 Å². The van der Waals surface area contributed by atoms with Gasteiger partial charge in [0.15, 0.2) is 0 Å². The zero-order chi connectivity index (χ0) is 20.1. The Labute approximate surface area is 161 Å². The summed E-state index contributed by atoms with van der Waals surface area (Å²) in [5, 5.41) is 2.82. The van der Waals surface area contributed by atoms with E-state index in [9.17, 15) is 13.2 Å². The number of amides is 1. The van der Waals surface area contributed by atoms with Crippen molar-refractivity contribution in [3.63, 3.8) is 0 Å². The molecule has 0 radical (unpaired) electrons. The number of carbonyl (C=O) groups excluding carboxylic acids is 1. The van der Waals surface area contributed by atoms with Crippen LogP contribution in [0.15, 0.2) is 53.4 Å². The summed E-state index contributed by atoms with van der Waals surface area (Å²) < 4.78 is 33.2. The second kappa shape index (κ2) is 8.54. The standard InChI is InChI=1S/C20H26N2O4S/c1-20(2,3)14-21-19(23)16-10-11-17(26-4)18(12-16)27(24,25)22-13-15-8-6-5-7-9-15/h5-12,22H,13-14H2,1-4H3,(H,21,23). The van der Waals surface area contributed by atoms with Crippen LogP contribution in [0.5, 0.6) is 5.75 Å². The monoisotopic (exact) mass is 390 g/mol. The Morgan fingerprint density at radius 3 is 2.33 bits per heavy atom. The number of hydrogen-bond donors (Lipinski definition) is 2. The Balaban J connectivity index is 2.24. The molecule has 0 aliphatic carbocycles. The van der Waals surface area contributed by atoms with E-state index >= 15 is 0 Å². The lowest BCUT2D eigenvalue weighted by atomic mass is 9.97. The van der Waals surface area contributed by atoms with Crippen molar-refractivity contribution in [2.45, 2.75) is 32.2 Å². The van der Waals surface area contributed by atoms with E-state index in [0.717, 1.165) is 5.56 Å². The largest absolute Gasteiger partial charge is 0.495 e. The topological polar surface area (TPSA) is 84.5 Å². The molecule has 0 saturated carbocycles. The summed E-state index contributed by atoms with van der Waals surface area (Å²) in [6.45, 7) is 6.64. The lowest BCUT2D eigenvalue weighted by Gasteiger charge is -2.19. The quantitative estimate of drug-likeness (QED) is 0.761. The highest BCUT2D eigenvalue weighted by atomic mass is 32.2. The average molecular weight is 391 g/mol. The minimum atomic E-state index is -3.86. The summed E-state index contributed by atoms with van der Waals surface area (Å²) in [5.74, 6) is -0.143. The van der Waals surface area contributed by atoms with Crippen LogP contribution in [0.1, 0.15) is 36.7 Å². The molecule has 146 valence electrons. The van der Waals surface area contributed by atoms with E-state index in [0.29, 0.717) is 6.54 Å². The van der Waals surface area contributed by atoms with Gasteiger partial charge in [0.25, 0.3) is 5.91 Å². The molecule has 2 aromatic carbocycles. The van der Waals surface area contributed by atoms with Crippen molar-refractivity contribution in [2.75, 3.05) is 13.7 Å². The van der Waals surface area contributed by atoms with E-state index in [1.165, 1.54) is 19.2 Å². The fraction of sp³-hybridized carbons (Fsp3) is 0.350. The van der Waals surface area contributed by atoms with Gasteiger partial charge in [-0.15, -0.1) is 0 Å². The Bertz CT molecular complexity index is 888. The number of benzene rings is 2. The Hall–Kier alpha value is -2.38. The van der Waals surface area contributed by atoms with Crippen LogP contribution in [0.25, 0.3) is 0 Å². The molecular formula is C20H26N2O4S. The molecule has 0 unspecified atom stereocenters. The first-order chi connectivity index (χ1) is 12.6. The third-order valence-electron chi connectivity index (χ3n) is 3.80. The van der Waals surface area contributed by atoms with Crippen molar-refractivity contribution < 1.29 is 17.9 Å². The lowest BCUT2D eigenvalue weighted by Crippen LogP contribution is -2.32. The van der Waals surface area contributed by atoms with Gasteiger partial charge in [-0.05, 0) is 29.2 Å². The molecule has 27 heavy (non-hydrogen) atoms. The first-order valence-corrected chi connectivity index (χ1v) is 10.1. The first kappa shape index (κ1) is 20.9. The molecule has 2 aromatic rings. The molecule has 2 rings (SSSR count). The van der Waals surface area contributed by atoms with E-state index < -0.39 is 10.0 Å². The summed E-state index contributed by atoms with van der Waals surface area (Å²) in [4.78, 5) is 12.3. The third-order valence-corrected chi connectivity index (χ3v) is 5.23. The van der Waals surface area contributed by atoms with Crippen molar-refractivity contribution in [3.05, 3.63) is 59.7 Å². The predicted octanol–water partition coefficient (Wildman–Crippen LogP) is 2.95. The Morgan fingerprint density at radius 2 is 1.74 bits per heavy atom. The average Bonchev–Trinajstić information content (AvgIpc) is 2.64. The molecule has 0 fully saturated rings. The highest BCUT2D eigenvalue weighted by molar-refractivity contribution is 7.89. The van der Waals surface area contributed by atoms with E-state index in [-0.39, 0.29) is 34.1 Å². The van der Waals surface area contributed by atoms with E-state index in [4.69, 9.17) is 4.74 Å². The minimum Gasteiger partial charge on any atom is -0.495 e. The summed E-state index contributed by atoms with van der Waals surface area (Å²) in [6, 6.07) is 13.6. The second-order valence-electron chi connectivity index (χ2n) is 7.42. The SMILES string of the molecule is COc1ccc(C(=O)NCC(C)(C)C)cc1S(=O)(=O)NCc1ccccc1. The van der Waals surface area contributed by atoms with Crippen LogP contribution in [-0.4, -0.2) is 28.0 Å². The van der Waals surface area contributed by atoms with Crippen molar-refractivity contribution >= 4 is 15.9 Å². The van der Waals surface area contributed by atoms with Crippen molar-refractivity contribution in [2.24, 2.45) is 5.41 Å². The van der Waals surface area contributed by atoms with Gasteiger partial charge in [-0.3, -0.25) is 4.79 Å². The van der Waals surface area contributed by atoms with Crippen LogP contribution in [0.4, 0.5) is 0 Å². The van der Waals surface area contributed by atoms with Gasteiger partial charge in [-0.2, -0.15) is 0 Å². The molecule has 0 saturated heterocycles. The molecule has 0 aliphatic heterocycles. The van der Waals surface area contributed by atoms with Crippen LogP contribution in [0.2, 0.25) is 0 Å². The number of rotatable bonds is 7. The number of sulfonamides is 1. The number of hydrogen-bond acceptors (Lipinski definition) is 4. The number of ether oxygens (including phenoxy) is 1. The zero-order valence-electron chi connectivity index (χ0n) is 16.1. The van der Waals surface area contributed by atoms with E-state index in [1.807, 2.05) is 51.1 Å².